The fraction of sp³-hybridized carbons (Fsp3) is 0.290. The van der Waals surface area contributed by atoms with E-state index in [2.05, 4.69) is 35.1 Å². The summed E-state index contributed by atoms with van der Waals surface area (Å²) in [5, 5.41) is 4.27. The van der Waals surface area contributed by atoms with Gasteiger partial charge in [0.1, 0.15) is 11.4 Å². The molecule has 2 saturated heterocycles. The Balaban J connectivity index is 1.52. The number of benzene rings is 3. The number of anilines is 1. The number of aromatic nitrogens is 2. The Bertz CT molecular complexity index is 1780. The van der Waals surface area contributed by atoms with Crippen LogP contribution in [-0.2, 0) is 15.1 Å². The summed E-state index contributed by atoms with van der Waals surface area (Å²) in [4.78, 5) is 49.0. The van der Waals surface area contributed by atoms with Crippen molar-refractivity contribution in [3.8, 4) is 5.69 Å². The predicted octanol–water partition coefficient (Wildman–Crippen LogP) is 4.84. The van der Waals surface area contributed by atoms with Crippen LogP contribution >= 0.6 is 15.9 Å². The second-order valence-corrected chi connectivity index (χ2v) is 12.1. The molecule has 0 saturated carbocycles. The van der Waals surface area contributed by atoms with Gasteiger partial charge in [-0.25, -0.2) is 9.88 Å². The number of hydrogen-bond donors (Lipinski definition) is 1. The van der Waals surface area contributed by atoms with Gasteiger partial charge >= 0.3 is 0 Å². The normalized spacial score (nSPS) is 25.2. The number of nitrogens with one attached hydrogen (secondary N) is 1. The largest absolute Gasteiger partial charge is 0.297 e. The maximum Gasteiger partial charge on any atom is 0.266 e. The fourth-order valence-electron chi connectivity index (χ4n) is 6.96. The predicted molar refractivity (Wildman–Crippen MR) is 153 cm³/mol. The number of carbonyl (C=O) groups is 2. The average Bonchev–Trinajstić information content (AvgIpc) is 3.47. The summed E-state index contributed by atoms with van der Waals surface area (Å²) >= 11 is 3.59. The highest BCUT2D eigenvalue weighted by Crippen LogP contribution is 2.56. The summed E-state index contributed by atoms with van der Waals surface area (Å²) in [7, 11) is 0. The van der Waals surface area contributed by atoms with E-state index in [1.54, 1.807) is 10.6 Å². The quantitative estimate of drug-likeness (QED) is 0.349. The first kappa shape index (κ1) is 24.4. The number of fused-ring (bicyclic) bond motifs is 8. The topological polar surface area (TPSA) is 84.3 Å². The van der Waals surface area contributed by atoms with Crippen molar-refractivity contribution in [2.75, 3.05) is 4.90 Å². The number of aryl methyl sites for hydroxylation is 1. The zero-order valence-electron chi connectivity index (χ0n) is 21.8. The van der Waals surface area contributed by atoms with Crippen LogP contribution in [0.2, 0.25) is 0 Å². The fourth-order valence-corrected chi connectivity index (χ4v) is 7.63. The summed E-state index contributed by atoms with van der Waals surface area (Å²) in [6.45, 7) is 6.20. The molecule has 3 aliphatic rings. The lowest BCUT2D eigenvalue weighted by atomic mass is 9.75. The van der Waals surface area contributed by atoms with Crippen molar-refractivity contribution in [3.63, 3.8) is 0 Å². The molecule has 7 nitrogen and oxygen atoms in total. The molecular weight excluding hydrogens is 556 g/mol. The van der Waals surface area contributed by atoms with Gasteiger partial charge in [-0.3, -0.25) is 24.3 Å². The lowest BCUT2D eigenvalue weighted by Crippen LogP contribution is -2.50. The Morgan fingerprint density at radius 2 is 1.72 bits per heavy atom. The van der Waals surface area contributed by atoms with Gasteiger partial charge in [-0.2, -0.15) is 0 Å². The van der Waals surface area contributed by atoms with E-state index < -0.39 is 17.4 Å². The summed E-state index contributed by atoms with van der Waals surface area (Å²) in [6, 6.07) is 20.3. The lowest BCUT2D eigenvalue weighted by molar-refractivity contribution is -0.123. The highest BCUT2D eigenvalue weighted by Gasteiger charge is 2.69. The standard InChI is InChI=1S/C31H27BrN4O3/c1-16(2)14-22-25-26(29(39)35(28(25)38)24-13-12-17(3)15-20(24)32)31(34-22)19-9-5-7-11-23(19)36-27(37)18-8-4-6-10-21(18)33-30(31)36/h4-13,15-16,22,25-26,34H,14H2,1-3H3/t22-,25+,26-,31+/m1/s1. The Hall–Kier alpha value is -3.62. The molecule has 1 spiro atoms. The number of hydrogen-bond acceptors (Lipinski definition) is 5. The molecule has 1 N–H and O–H groups in total. The minimum atomic E-state index is -1.12. The van der Waals surface area contributed by atoms with Crippen molar-refractivity contribution in [1.82, 2.24) is 14.9 Å². The van der Waals surface area contributed by atoms with Crippen LogP contribution in [0.4, 0.5) is 5.69 Å². The van der Waals surface area contributed by atoms with Crippen molar-refractivity contribution in [2.45, 2.75) is 38.8 Å². The molecule has 39 heavy (non-hydrogen) atoms. The number of amides is 2. The van der Waals surface area contributed by atoms with E-state index in [9.17, 15) is 14.4 Å². The van der Waals surface area contributed by atoms with Crippen LogP contribution in [0.15, 0.2) is 76.0 Å². The molecule has 3 aromatic carbocycles. The molecule has 4 heterocycles. The van der Waals surface area contributed by atoms with Gasteiger partial charge in [-0.15, -0.1) is 0 Å². The van der Waals surface area contributed by atoms with Crippen molar-refractivity contribution >= 4 is 44.3 Å². The molecule has 0 radical (unpaired) electrons. The van der Waals surface area contributed by atoms with E-state index in [0.717, 1.165) is 11.1 Å². The summed E-state index contributed by atoms with van der Waals surface area (Å²) in [5.41, 5.74) is 2.33. The molecule has 0 bridgehead atoms. The van der Waals surface area contributed by atoms with E-state index >= 15 is 0 Å². The van der Waals surface area contributed by atoms with Crippen molar-refractivity contribution in [3.05, 3.63) is 98.5 Å². The number of carbonyl (C=O) groups excluding carboxylic acids is 2. The molecule has 4 aromatic rings. The van der Waals surface area contributed by atoms with Crippen LogP contribution < -0.4 is 15.8 Å². The molecule has 7 rings (SSSR count). The van der Waals surface area contributed by atoms with Gasteiger partial charge in [0.05, 0.1) is 34.1 Å². The van der Waals surface area contributed by atoms with Crippen molar-refractivity contribution in [2.24, 2.45) is 17.8 Å². The Morgan fingerprint density at radius 3 is 2.49 bits per heavy atom. The second kappa shape index (κ2) is 8.44. The third-order valence-corrected chi connectivity index (χ3v) is 9.07. The molecule has 1 aromatic heterocycles. The molecule has 0 unspecified atom stereocenters. The highest BCUT2D eigenvalue weighted by molar-refractivity contribution is 9.10. The second-order valence-electron chi connectivity index (χ2n) is 11.3. The monoisotopic (exact) mass is 582 g/mol. The van der Waals surface area contributed by atoms with Gasteiger partial charge in [0.2, 0.25) is 11.8 Å². The molecule has 196 valence electrons. The van der Waals surface area contributed by atoms with Gasteiger partial charge in [0, 0.05) is 16.1 Å². The van der Waals surface area contributed by atoms with Crippen molar-refractivity contribution < 1.29 is 9.59 Å². The highest BCUT2D eigenvalue weighted by atomic mass is 79.9. The van der Waals surface area contributed by atoms with Crippen LogP contribution in [0, 0.1) is 24.7 Å². The van der Waals surface area contributed by atoms with E-state index in [1.165, 1.54) is 4.90 Å². The van der Waals surface area contributed by atoms with Gasteiger partial charge in [0.25, 0.3) is 5.56 Å². The first-order valence-corrected chi connectivity index (χ1v) is 14.1. The minimum Gasteiger partial charge on any atom is -0.297 e. The average molecular weight is 583 g/mol. The van der Waals surface area contributed by atoms with Crippen LogP contribution in [0.1, 0.15) is 37.2 Å². The molecular formula is C31H27BrN4O3. The van der Waals surface area contributed by atoms with Crippen LogP contribution in [0.5, 0.6) is 0 Å². The minimum absolute atomic E-state index is 0.180. The Morgan fingerprint density at radius 1 is 0.974 bits per heavy atom. The number of imide groups is 1. The smallest absolute Gasteiger partial charge is 0.266 e. The maximum absolute atomic E-state index is 14.5. The summed E-state index contributed by atoms with van der Waals surface area (Å²) in [5.74, 6) is -1.10. The Kier molecular flexibility index (Phi) is 5.28. The SMILES string of the molecule is Cc1ccc(N2C(=O)[C@H]3[C@@H](CC(C)C)N[C@@]4(c5ccccc5-n5c4nc4ccccc4c5=O)[C@H]3C2=O)c(Br)c1. The van der Waals surface area contributed by atoms with Crippen LogP contribution in [0.3, 0.4) is 0 Å². The van der Waals surface area contributed by atoms with Crippen molar-refractivity contribution in [1.29, 1.82) is 0 Å². The van der Waals surface area contributed by atoms with E-state index in [0.29, 0.717) is 39.0 Å². The summed E-state index contributed by atoms with van der Waals surface area (Å²) in [6.07, 6.45) is 0.699. The zero-order chi connectivity index (χ0) is 27.2. The Labute approximate surface area is 234 Å². The van der Waals surface area contributed by atoms with Gasteiger partial charge < -0.3 is 0 Å². The maximum atomic E-state index is 14.5. The van der Waals surface area contributed by atoms with E-state index in [-0.39, 0.29) is 29.3 Å². The van der Waals surface area contributed by atoms with Crippen LogP contribution in [-0.4, -0.2) is 27.4 Å². The molecule has 2 fully saturated rings. The lowest BCUT2D eigenvalue weighted by Gasteiger charge is -2.32. The zero-order valence-corrected chi connectivity index (χ0v) is 23.4. The van der Waals surface area contributed by atoms with Gasteiger partial charge in [0.15, 0.2) is 0 Å². The van der Waals surface area contributed by atoms with Gasteiger partial charge in [-0.1, -0.05) is 50.2 Å². The molecule has 0 aliphatic carbocycles. The third-order valence-electron chi connectivity index (χ3n) is 8.43. The molecule has 2 amide bonds. The van der Waals surface area contributed by atoms with E-state index in [4.69, 9.17) is 4.98 Å². The van der Waals surface area contributed by atoms with Gasteiger partial charge in [-0.05, 0) is 71.1 Å². The third kappa shape index (κ3) is 3.19. The number of para-hydroxylation sites is 2. The number of halogens is 1. The van der Waals surface area contributed by atoms with Crippen LogP contribution in [0.25, 0.3) is 16.6 Å². The molecule has 8 heteroatoms. The summed E-state index contributed by atoms with van der Waals surface area (Å²) < 4.78 is 2.33. The number of rotatable bonds is 3. The molecule has 4 atom stereocenters. The van der Waals surface area contributed by atoms with E-state index in [1.807, 2.05) is 67.6 Å². The number of nitrogens with zero attached hydrogens (tertiary/aromatic N) is 3. The molecule has 3 aliphatic heterocycles. The first-order valence-electron chi connectivity index (χ1n) is 13.3. The first-order chi connectivity index (χ1) is 18.7.